The normalized spacial score (nSPS) is 11.4. The molecular formula is C12H24N2O3. The molecule has 0 rings (SSSR count). The van der Waals surface area contributed by atoms with Crippen LogP contribution in [0.1, 0.15) is 53.4 Å². The summed E-state index contributed by atoms with van der Waals surface area (Å²) in [4.78, 5) is 22.1. The summed E-state index contributed by atoms with van der Waals surface area (Å²) < 4.78 is 0. The first-order valence-corrected chi connectivity index (χ1v) is 6.11. The molecule has 0 saturated heterocycles. The molecule has 17 heavy (non-hydrogen) atoms. The Morgan fingerprint density at radius 3 is 2.18 bits per heavy atom. The fourth-order valence-electron chi connectivity index (χ4n) is 1.50. The van der Waals surface area contributed by atoms with Gasteiger partial charge in [0.05, 0.1) is 0 Å². The molecule has 0 unspecified atom stereocenters. The summed E-state index contributed by atoms with van der Waals surface area (Å²) in [6.07, 6.45) is 2.25. The molecule has 0 atom stereocenters. The predicted octanol–water partition coefficient (Wildman–Crippen LogP) is 2.12. The predicted molar refractivity (Wildman–Crippen MR) is 67.0 cm³/mol. The number of urea groups is 1. The van der Waals surface area contributed by atoms with Crippen molar-refractivity contribution in [3.8, 4) is 0 Å². The van der Waals surface area contributed by atoms with E-state index in [2.05, 4.69) is 10.6 Å². The second-order valence-electron chi connectivity index (χ2n) is 4.89. The van der Waals surface area contributed by atoms with Crippen LogP contribution in [0.4, 0.5) is 4.79 Å². The van der Waals surface area contributed by atoms with Crippen LogP contribution < -0.4 is 10.6 Å². The first-order valence-electron chi connectivity index (χ1n) is 6.11. The van der Waals surface area contributed by atoms with Crippen molar-refractivity contribution >= 4 is 12.0 Å². The van der Waals surface area contributed by atoms with Gasteiger partial charge in [-0.05, 0) is 33.1 Å². The van der Waals surface area contributed by atoms with Gasteiger partial charge >= 0.3 is 12.0 Å². The molecule has 0 aliphatic carbocycles. The molecule has 0 heterocycles. The van der Waals surface area contributed by atoms with Gasteiger partial charge in [-0.1, -0.05) is 13.8 Å². The molecule has 0 radical (unpaired) electrons. The topological polar surface area (TPSA) is 78.4 Å². The minimum atomic E-state index is -0.847. The van der Waals surface area contributed by atoms with Gasteiger partial charge in [0.15, 0.2) is 0 Å². The van der Waals surface area contributed by atoms with Crippen molar-refractivity contribution in [1.82, 2.24) is 10.6 Å². The van der Waals surface area contributed by atoms with Crippen LogP contribution in [0.3, 0.4) is 0 Å². The second-order valence-corrected chi connectivity index (χ2v) is 4.89. The fraction of sp³-hybridized carbons (Fsp3) is 0.833. The number of amides is 2. The highest BCUT2D eigenvalue weighted by Gasteiger charge is 2.22. The third-order valence-corrected chi connectivity index (χ3v) is 2.74. The molecule has 0 aromatic rings. The zero-order valence-electron chi connectivity index (χ0n) is 11.2. The zero-order chi connectivity index (χ0) is 13.5. The van der Waals surface area contributed by atoms with Crippen LogP contribution in [0.5, 0.6) is 0 Å². The number of hydrogen-bond donors (Lipinski definition) is 3. The van der Waals surface area contributed by atoms with Gasteiger partial charge in [0.2, 0.25) is 0 Å². The van der Waals surface area contributed by atoms with Crippen LogP contribution in [-0.4, -0.2) is 28.7 Å². The lowest BCUT2D eigenvalue weighted by molar-refractivity contribution is -0.137. The SMILES string of the molecule is CCC(CC)NC(=O)NC(C)(C)CCC(=O)O. The van der Waals surface area contributed by atoms with Gasteiger partial charge in [0.1, 0.15) is 0 Å². The van der Waals surface area contributed by atoms with Crippen LogP contribution in [0, 0.1) is 0 Å². The van der Waals surface area contributed by atoms with Crippen molar-refractivity contribution in [2.24, 2.45) is 0 Å². The Labute approximate surface area is 103 Å². The lowest BCUT2D eigenvalue weighted by atomic mass is 9.99. The molecule has 0 bridgehead atoms. The minimum absolute atomic E-state index is 0.0538. The molecule has 5 heteroatoms. The Kier molecular flexibility index (Phi) is 6.61. The van der Waals surface area contributed by atoms with Crippen molar-refractivity contribution in [3.63, 3.8) is 0 Å². The highest BCUT2D eigenvalue weighted by atomic mass is 16.4. The van der Waals surface area contributed by atoms with E-state index in [1.165, 1.54) is 0 Å². The number of aliphatic carboxylic acids is 1. The van der Waals surface area contributed by atoms with E-state index >= 15 is 0 Å². The zero-order valence-corrected chi connectivity index (χ0v) is 11.2. The number of carbonyl (C=O) groups excluding carboxylic acids is 1. The maximum Gasteiger partial charge on any atom is 0.315 e. The number of carboxylic acid groups (broad SMARTS) is 1. The number of hydrogen-bond acceptors (Lipinski definition) is 2. The Morgan fingerprint density at radius 1 is 1.24 bits per heavy atom. The van der Waals surface area contributed by atoms with E-state index in [1.807, 2.05) is 27.7 Å². The molecule has 0 saturated carbocycles. The van der Waals surface area contributed by atoms with Crippen molar-refractivity contribution in [1.29, 1.82) is 0 Å². The summed E-state index contributed by atoms with van der Waals surface area (Å²) in [5.41, 5.74) is -0.505. The third-order valence-electron chi connectivity index (χ3n) is 2.74. The molecule has 0 aliphatic heterocycles. The van der Waals surface area contributed by atoms with Crippen LogP contribution in [0.2, 0.25) is 0 Å². The standard InChI is InChI=1S/C12H24N2O3/c1-5-9(6-2)13-11(17)14-12(3,4)8-7-10(15)16/h9H,5-8H2,1-4H3,(H,15,16)(H2,13,14,17). The molecule has 5 nitrogen and oxygen atoms in total. The van der Waals surface area contributed by atoms with Gasteiger partial charge in [-0.3, -0.25) is 4.79 Å². The van der Waals surface area contributed by atoms with Crippen LogP contribution in [-0.2, 0) is 4.79 Å². The maximum atomic E-state index is 11.7. The minimum Gasteiger partial charge on any atom is -0.481 e. The van der Waals surface area contributed by atoms with Gasteiger partial charge in [-0.25, -0.2) is 4.79 Å². The summed E-state index contributed by atoms with van der Waals surface area (Å²) in [7, 11) is 0. The largest absolute Gasteiger partial charge is 0.481 e. The molecule has 0 fully saturated rings. The van der Waals surface area contributed by atoms with E-state index in [4.69, 9.17) is 5.11 Å². The lowest BCUT2D eigenvalue weighted by Crippen LogP contribution is -2.50. The van der Waals surface area contributed by atoms with Crippen LogP contribution in [0.25, 0.3) is 0 Å². The summed E-state index contributed by atoms with van der Waals surface area (Å²) in [5.74, 6) is -0.847. The van der Waals surface area contributed by atoms with Crippen molar-refractivity contribution in [2.45, 2.75) is 65.0 Å². The summed E-state index contributed by atoms with van der Waals surface area (Å²) in [6, 6.07) is -0.0561. The van der Waals surface area contributed by atoms with Gasteiger partial charge < -0.3 is 15.7 Å². The number of rotatable bonds is 7. The summed E-state index contributed by atoms with van der Waals surface area (Å²) in [5, 5.41) is 14.3. The first-order chi connectivity index (χ1) is 7.80. The Balaban J connectivity index is 4.12. The van der Waals surface area contributed by atoms with E-state index in [9.17, 15) is 9.59 Å². The summed E-state index contributed by atoms with van der Waals surface area (Å²) >= 11 is 0. The van der Waals surface area contributed by atoms with E-state index in [0.717, 1.165) is 12.8 Å². The smallest absolute Gasteiger partial charge is 0.315 e. The van der Waals surface area contributed by atoms with Gasteiger partial charge in [0.25, 0.3) is 0 Å². The number of carboxylic acids is 1. The Hall–Kier alpha value is -1.26. The number of nitrogens with one attached hydrogen (secondary N) is 2. The van der Waals surface area contributed by atoms with Crippen molar-refractivity contribution in [2.75, 3.05) is 0 Å². The van der Waals surface area contributed by atoms with Crippen LogP contribution >= 0.6 is 0 Å². The van der Waals surface area contributed by atoms with E-state index in [1.54, 1.807) is 0 Å². The average molecular weight is 244 g/mol. The molecule has 0 aromatic carbocycles. The van der Waals surface area contributed by atoms with E-state index < -0.39 is 11.5 Å². The number of carbonyl (C=O) groups is 2. The summed E-state index contributed by atoms with van der Waals surface area (Å²) in [6.45, 7) is 7.68. The lowest BCUT2D eigenvalue weighted by Gasteiger charge is -2.27. The van der Waals surface area contributed by atoms with Crippen molar-refractivity contribution in [3.05, 3.63) is 0 Å². The highest BCUT2D eigenvalue weighted by molar-refractivity contribution is 5.75. The molecule has 0 aliphatic rings. The molecule has 0 aromatic heterocycles. The fourth-order valence-corrected chi connectivity index (χ4v) is 1.50. The molecule has 3 N–H and O–H groups in total. The quantitative estimate of drug-likeness (QED) is 0.642. The second kappa shape index (κ2) is 7.14. The average Bonchev–Trinajstić information content (AvgIpc) is 2.22. The van der Waals surface area contributed by atoms with Gasteiger partial charge in [-0.2, -0.15) is 0 Å². The third kappa shape index (κ3) is 7.60. The monoisotopic (exact) mass is 244 g/mol. The van der Waals surface area contributed by atoms with Crippen LogP contribution in [0.15, 0.2) is 0 Å². The molecular weight excluding hydrogens is 220 g/mol. The molecule has 0 spiro atoms. The van der Waals surface area contributed by atoms with Crippen molar-refractivity contribution < 1.29 is 14.7 Å². The first kappa shape index (κ1) is 15.7. The maximum absolute atomic E-state index is 11.7. The Morgan fingerprint density at radius 2 is 1.76 bits per heavy atom. The van der Waals surface area contributed by atoms with Gasteiger partial charge in [0, 0.05) is 18.0 Å². The molecule has 2 amide bonds. The van der Waals surface area contributed by atoms with Gasteiger partial charge in [-0.15, -0.1) is 0 Å². The highest BCUT2D eigenvalue weighted by Crippen LogP contribution is 2.11. The molecule has 100 valence electrons. The Bertz CT molecular complexity index is 260. The van der Waals surface area contributed by atoms with E-state index in [0.29, 0.717) is 6.42 Å². The van der Waals surface area contributed by atoms with E-state index in [-0.39, 0.29) is 18.5 Å².